The van der Waals surface area contributed by atoms with Crippen molar-refractivity contribution in [3.05, 3.63) is 118 Å². The SMILES string of the molecule is CCOC(=O)C1=C(c2ccccc2)N=c2s/c(=C\c3cc(Br)cc(Cl)c3O)c(=O)n2[C@H]1c1ccc(SC)cc1. The molecule has 0 bridgehead atoms. The molecule has 1 N–H and O–H groups in total. The number of aromatic nitrogens is 1. The summed E-state index contributed by atoms with van der Waals surface area (Å²) < 4.78 is 8.02. The first-order valence-corrected chi connectivity index (χ1v) is 15.1. The first-order chi connectivity index (χ1) is 18.8. The van der Waals surface area contributed by atoms with E-state index in [4.69, 9.17) is 21.3 Å². The van der Waals surface area contributed by atoms with E-state index in [0.717, 1.165) is 16.0 Å². The van der Waals surface area contributed by atoms with E-state index in [-0.39, 0.29) is 28.5 Å². The van der Waals surface area contributed by atoms with Crippen molar-refractivity contribution >= 4 is 68.4 Å². The zero-order chi connectivity index (χ0) is 27.7. The third kappa shape index (κ3) is 5.36. The summed E-state index contributed by atoms with van der Waals surface area (Å²) in [6, 6.07) is 19.6. The van der Waals surface area contributed by atoms with Crippen LogP contribution in [0.3, 0.4) is 0 Å². The smallest absolute Gasteiger partial charge is 0.338 e. The minimum absolute atomic E-state index is 0.132. The molecule has 5 rings (SSSR count). The molecule has 0 unspecified atom stereocenters. The Hall–Kier alpha value is -3.11. The number of hydrogen-bond donors (Lipinski definition) is 1. The van der Waals surface area contributed by atoms with E-state index in [1.165, 1.54) is 15.9 Å². The van der Waals surface area contributed by atoms with Crippen molar-refractivity contribution in [1.82, 2.24) is 4.57 Å². The highest BCUT2D eigenvalue weighted by atomic mass is 79.9. The lowest BCUT2D eigenvalue weighted by atomic mass is 9.93. The highest BCUT2D eigenvalue weighted by Crippen LogP contribution is 2.36. The number of thiazole rings is 1. The number of nitrogens with zero attached hydrogens (tertiary/aromatic N) is 2. The van der Waals surface area contributed by atoms with Gasteiger partial charge >= 0.3 is 5.97 Å². The number of carbonyl (C=O) groups excluding carboxylic acids is 1. The Balaban J connectivity index is 1.84. The number of rotatable bonds is 6. The van der Waals surface area contributed by atoms with Gasteiger partial charge in [0.1, 0.15) is 5.75 Å². The van der Waals surface area contributed by atoms with Crippen LogP contribution in [-0.4, -0.2) is 28.5 Å². The van der Waals surface area contributed by atoms with Crippen LogP contribution in [0, 0.1) is 0 Å². The molecule has 1 aliphatic rings. The Labute approximate surface area is 246 Å². The molecule has 198 valence electrons. The number of benzene rings is 3. The summed E-state index contributed by atoms with van der Waals surface area (Å²) >= 11 is 12.3. The van der Waals surface area contributed by atoms with Crippen LogP contribution in [0.1, 0.15) is 29.7 Å². The number of esters is 1. The molecule has 1 aliphatic heterocycles. The van der Waals surface area contributed by atoms with Crippen molar-refractivity contribution in [3.63, 3.8) is 0 Å². The fourth-order valence-electron chi connectivity index (χ4n) is 4.38. The van der Waals surface area contributed by atoms with Gasteiger partial charge in [-0.3, -0.25) is 9.36 Å². The largest absolute Gasteiger partial charge is 0.506 e. The molecule has 0 saturated carbocycles. The van der Waals surface area contributed by atoms with Gasteiger partial charge in [0.2, 0.25) is 0 Å². The zero-order valence-corrected chi connectivity index (χ0v) is 24.8. The Kier molecular flexibility index (Phi) is 8.13. The zero-order valence-electron chi connectivity index (χ0n) is 20.9. The molecule has 0 saturated heterocycles. The molecule has 0 radical (unpaired) electrons. The van der Waals surface area contributed by atoms with E-state index < -0.39 is 12.0 Å². The van der Waals surface area contributed by atoms with Crippen LogP contribution in [0.2, 0.25) is 5.02 Å². The maximum Gasteiger partial charge on any atom is 0.338 e. The van der Waals surface area contributed by atoms with Gasteiger partial charge in [-0.05, 0) is 49.1 Å². The van der Waals surface area contributed by atoms with Crippen molar-refractivity contribution in [2.45, 2.75) is 17.9 Å². The second-order valence-electron chi connectivity index (χ2n) is 8.53. The van der Waals surface area contributed by atoms with Gasteiger partial charge < -0.3 is 9.84 Å². The van der Waals surface area contributed by atoms with E-state index >= 15 is 0 Å². The van der Waals surface area contributed by atoms with Crippen LogP contribution in [0.5, 0.6) is 5.75 Å². The number of halogens is 2. The van der Waals surface area contributed by atoms with Crippen LogP contribution >= 0.6 is 50.6 Å². The van der Waals surface area contributed by atoms with Crippen LogP contribution < -0.4 is 14.9 Å². The molecule has 0 fully saturated rings. The van der Waals surface area contributed by atoms with Gasteiger partial charge in [0.15, 0.2) is 4.80 Å². The minimum atomic E-state index is -0.770. The van der Waals surface area contributed by atoms with Crippen LogP contribution in [0.4, 0.5) is 0 Å². The third-order valence-corrected chi connectivity index (χ3v) is 8.62. The summed E-state index contributed by atoms with van der Waals surface area (Å²) in [5.74, 6) is -0.670. The predicted octanol–water partition coefficient (Wildman–Crippen LogP) is 5.78. The number of ether oxygens (including phenoxy) is 1. The van der Waals surface area contributed by atoms with Gasteiger partial charge in [-0.25, -0.2) is 9.79 Å². The maximum atomic E-state index is 14.0. The molecule has 2 heterocycles. The number of hydrogen-bond acceptors (Lipinski definition) is 7. The Morgan fingerprint density at radius 2 is 1.92 bits per heavy atom. The summed E-state index contributed by atoms with van der Waals surface area (Å²) in [7, 11) is 0. The number of thioether (sulfide) groups is 1. The highest BCUT2D eigenvalue weighted by molar-refractivity contribution is 9.10. The van der Waals surface area contributed by atoms with E-state index in [9.17, 15) is 14.7 Å². The maximum absolute atomic E-state index is 14.0. The Morgan fingerprint density at radius 3 is 2.59 bits per heavy atom. The Morgan fingerprint density at radius 1 is 1.21 bits per heavy atom. The van der Waals surface area contributed by atoms with E-state index in [2.05, 4.69) is 15.9 Å². The van der Waals surface area contributed by atoms with Crippen LogP contribution in [0.25, 0.3) is 11.8 Å². The lowest BCUT2D eigenvalue weighted by molar-refractivity contribution is -0.138. The fraction of sp³-hybridized carbons (Fsp3) is 0.138. The van der Waals surface area contributed by atoms with Crippen molar-refractivity contribution in [3.8, 4) is 5.75 Å². The molecule has 3 aromatic carbocycles. The van der Waals surface area contributed by atoms with Crippen LogP contribution in [-0.2, 0) is 9.53 Å². The number of phenols is 1. The number of phenolic OH excluding ortho intramolecular Hbond substituents is 1. The molecule has 10 heteroatoms. The topological polar surface area (TPSA) is 80.9 Å². The van der Waals surface area contributed by atoms with Crippen LogP contribution in [0.15, 0.2) is 91.5 Å². The first-order valence-electron chi connectivity index (χ1n) is 11.9. The quantitative estimate of drug-likeness (QED) is 0.213. The van der Waals surface area contributed by atoms with Crippen molar-refractivity contribution in [1.29, 1.82) is 0 Å². The van der Waals surface area contributed by atoms with Gasteiger partial charge in [0, 0.05) is 20.5 Å². The molecule has 4 aromatic rings. The molecule has 0 amide bonds. The lowest BCUT2D eigenvalue weighted by Crippen LogP contribution is -2.40. The number of carbonyl (C=O) groups is 1. The average molecular weight is 642 g/mol. The molecular weight excluding hydrogens is 620 g/mol. The predicted molar refractivity (Wildman–Crippen MR) is 160 cm³/mol. The molecule has 1 aromatic heterocycles. The minimum Gasteiger partial charge on any atom is -0.506 e. The monoisotopic (exact) mass is 640 g/mol. The molecule has 1 atom stereocenters. The summed E-state index contributed by atoms with van der Waals surface area (Å²) in [5, 5.41) is 10.7. The first kappa shape index (κ1) is 27.5. The van der Waals surface area contributed by atoms with Gasteiger partial charge in [0.05, 0.1) is 33.5 Å². The molecule has 0 spiro atoms. The standard InChI is InChI=1S/C29H22BrClN2O4S2/c1-3-37-28(36)23-24(16-7-5-4-6-8-16)32-29-33(25(23)17-9-11-20(38-2)12-10-17)27(35)22(39-29)14-18-13-19(30)15-21(31)26(18)34/h4-15,25,34H,3H2,1-2H3/b22-14-/t25-/m0/s1. The summed E-state index contributed by atoms with van der Waals surface area (Å²) in [4.78, 5) is 33.8. The fourth-order valence-corrected chi connectivity index (χ4v) is 6.61. The summed E-state index contributed by atoms with van der Waals surface area (Å²) in [5.41, 5.74) is 2.26. The van der Waals surface area contributed by atoms with Crippen molar-refractivity contribution in [2.24, 2.45) is 4.99 Å². The lowest BCUT2D eigenvalue weighted by Gasteiger charge is -2.26. The molecule has 6 nitrogen and oxygen atoms in total. The van der Waals surface area contributed by atoms with Gasteiger partial charge in [-0.15, -0.1) is 11.8 Å². The van der Waals surface area contributed by atoms with E-state index in [0.29, 0.717) is 25.1 Å². The second-order valence-corrected chi connectivity index (χ2v) is 11.7. The van der Waals surface area contributed by atoms with Gasteiger partial charge in [-0.2, -0.15) is 0 Å². The van der Waals surface area contributed by atoms with Gasteiger partial charge in [-0.1, -0.05) is 81.3 Å². The Bertz CT molecular complexity index is 1780. The number of fused-ring (bicyclic) bond motifs is 1. The molecule has 0 aliphatic carbocycles. The summed E-state index contributed by atoms with van der Waals surface area (Å²) in [6.07, 6.45) is 3.57. The summed E-state index contributed by atoms with van der Waals surface area (Å²) in [6.45, 7) is 1.92. The van der Waals surface area contributed by atoms with E-state index in [1.54, 1.807) is 36.9 Å². The van der Waals surface area contributed by atoms with E-state index in [1.807, 2.05) is 60.9 Å². The molecular formula is C29H22BrClN2O4S2. The third-order valence-electron chi connectivity index (χ3n) is 6.15. The molecule has 39 heavy (non-hydrogen) atoms. The normalized spacial score (nSPS) is 15.2. The van der Waals surface area contributed by atoms with Crippen molar-refractivity contribution < 1.29 is 14.6 Å². The van der Waals surface area contributed by atoms with Gasteiger partial charge in [0.25, 0.3) is 5.56 Å². The number of aromatic hydroxyl groups is 1. The highest BCUT2D eigenvalue weighted by Gasteiger charge is 2.35. The average Bonchev–Trinajstić information content (AvgIpc) is 3.25. The second kappa shape index (κ2) is 11.6. The van der Waals surface area contributed by atoms with Crippen molar-refractivity contribution in [2.75, 3.05) is 12.9 Å².